The van der Waals surface area contributed by atoms with Crippen molar-refractivity contribution in [3.05, 3.63) is 22.9 Å². The molecule has 0 radical (unpaired) electrons. The fourth-order valence-corrected chi connectivity index (χ4v) is 0.510. The summed E-state index contributed by atoms with van der Waals surface area (Å²) in [6, 6.07) is 3.68. The van der Waals surface area contributed by atoms with Crippen molar-refractivity contribution in [3.8, 4) is 0 Å². The molecule has 0 N–H and O–H groups in total. The molecule has 1 aromatic rings. The zero-order valence-corrected chi connectivity index (χ0v) is 5.38. The minimum atomic E-state index is 0. The minimum absolute atomic E-state index is 0. The maximum absolute atomic E-state index is 2.85. The molecule has 0 amide bonds. The van der Waals surface area contributed by atoms with Crippen LogP contribution in [0.15, 0.2) is 12.1 Å². The fraction of sp³-hybridized carbons (Fsp3) is 0. The van der Waals surface area contributed by atoms with Crippen LogP contribution in [-0.2, 0) is 0 Å². The molecule has 0 saturated heterocycles. The molecule has 0 fully saturated rings. The summed E-state index contributed by atoms with van der Waals surface area (Å²) in [4.78, 5) is 0. The van der Waals surface area contributed by atoms with Crippen LogP contribution in [0.3, 0.4) is 0 Å². The Balaban J connectivity index is 0. The van der Waals surface area contributed by atoms with Crippen LogP contribution in [0.1, 0.15) is 0 Å². The van der Waals surface area contributed by atoms with Crippen LogP contribution in [-0.4, -0.2) is 0 Å². The van der Waals surface area contributed by atoms with Crippen LogP contribution >= 0.6 is 11.3 Å². The van der Waals surface area contributed by atoms with Crippen molar-refractivity contribution in [3.63, 3.8) is 0 Å². The van der Waals surface area contributed by atoms with Gasteiger partial charge in [-0.15, -0.1) is 0 Å². The van der Waals surface area contributed by atoms with Gasteiger partial charge in [0.1, 0.15) is 0 Å². The van der Waals surface area contributed by atoms with Crippen LogP contribution in [0.2, 0.25) is 0 Å². The first kappa shape index (κ1) is 10.8. The van der Waals surface area contributed by atoms with E-state index in [0.29, 0.717) is 0 Å². The Hall–Kier alpha value is 0.895. The second-order valence-corrected chi connectivity index (χ2v) is 1.35. The zero-order valence-electron chi connectivity index (χ0n) is 4.56. The second kappa shape index (κ2) is 6.89. The van der Waals surface area contributed by atoms with E-state index in [1.165, 1.54) is 11.3 Å². The monoisotopic (exact) mass is 96.0 g/mol. The fourth-order valence-electron chi connectivity index (χ4n) is 0.170. The summed E-state index contributed by atoms with van der Waals surface area (Å²) in [5, 5.41) is 5.69. The molecule has 0 spiro atoms. The molecule has 26 valence electrons. The van der Waals surface area contributed by atoms with Gasteiger partial charge in [-0.05, 0) is 0 Å². The summed E-state index contributed by atoms with van der Waals surface area (Å²) in [5.74, 6) is 0. The van der Waals surface area contributed by atoms with Gasteiger partial charge in [-0.2, -0.15) is 0 Å². The Morgan fingerprint density at radius 3 is 1.57 bits per heavy atom. The van der Waals surface area contributed by atoms with Crippen molar-refractivity contribution in [2.75, 3.05) is 0 Å². The molecule has 0 unspecified atom stereocenters. The van der Waals surface area contributed by atoms with Gasteiger partial charge in [-0.1, -0.05) is 0 Å². The van der Waals surface area contributed by atoms with Gasteiger partial charge in [0.2, 0.25) is 0 Å². The summed E-state index contributed by atoms with van der Waals surface area (Å²) in [5.41, 5.74) is 0. The van der Waals surface area contributed by atoms with Crippen LogP contribution in [0, 0.1) is 10.8 Å². The number of thiophene rings is 1. The third-order valence-corrected chi connectivity index (χ3v) is 0.845. The number of rotatable bonds is 0. The van der Waals surface area contributed by atoms with Crippen LogP contribution in [0.4, 0.5) is 0 Å². The molecule has 1 rings (SSSR count). The summed E-state index contributed by atoms with van der Waals surface area (Å²) >= 11 is 1.46. The van der Waals surface area contributed by atoms with E-state index in [2.05, 4.69) is 10.8 Å². The average Bonchev–Trinajstić information content (AvgIpc) is 1.76. The van der Waals surface area contributed by atoms with Crippen molar-refractivity contribution in [1.29, 1.82) is 0 Å². The molecule has 0 atom stereocenters. The first-order chi connectivity index (χ1) is 2.50. The topological polar surface area (TPSA) is 0 Å². The van der Waals surface area contributed by atoms with E-state index < -0.39 is 0 Å². The Bertz CT molecular complexity index is 66.2. The Morgan fingerprint density at radius 2 is 1.43 bits per heavy atom. The number of hydrogen-bond donors (Lipinski definition) is 0. The van der Waals surface area contributed by atoms with E-state index in [4.69, 9.17) is 0 Å². The minimum Gasteiger partial charge on any atom is -0.474 e. The molecule has 0 nitrogen and oxygen atoms in total. The van der Waals surface area contributed by atoms with E-state index in [1.54, 1.807) is 0 Å². The first-order valence-corrected chi connectivity index (χ1v) is 2.14. The summed E-state index contributed by atoms with van der Waals surface area (Å²) in [6.07, 6.45) is 0. The predicted octanol–water partition coefficient (Wildman–Crippen LogP) is -4.64. The van der Waals surface area contributed by atoms with Crippen LogP contribution in [0.5, 0.6) is 0 Å². The van der Waals surface area contributed by atoms with Gasteiger partial charge in [0.25, 0.3) is 0 Å². The van der Waals surface area contributed by atoms with Gasteiger partial charge in [-0.25, -0.2) is 0 Å². The molecular formula is C4H2Li2S. The van der Waals surface area contributed by atoms with Crippen molar-refractivity contribution in [2.24, 2.45) is 0 Å². The SMILES string of the molecule is [Li+].[Li+].[c-]1cc[c-]s1. The summed E-state index contributed by atoms with van der Waals surface area (Å²) < 4.78 is 0. The quantitative estimate of drug-likeness (QED) is 0.225. The molecule has 0 saturated carbocycles. The van der Waals surface area contributed by atoms with Gasteiger partial charge in [0.15, 0.2) is 0 Å². The first-order valence-electron chi connectivity index (χ1n) is 1.32. The van der Waals surface area contributed by atoms with E-state index in [-0.39, 0.29) is 37.7 Å². The number of hydrogen-bond acceptors (Lipinski definition) is 1. The molecule has 0 aromatic carbocycles. The predicted molar refractivity (Wildman–Crippen MR) is 22.0 cm³/mol. The molecule has 0 aliphatic heterocycles. The maximum atomic E-state index is 2.85. The van der Waals surface area contributed by atoms with E-state index in [0.717, 1.165) is 0 Å². The van der Waals surface area contributed by atoms with Gasteiger partial charge in [0, 0.05) is 0 Å². The molecule has 0 aliphatic carbocycles. The van der Waals surface area contributed by atoms with Crippen LogP contribution < -0.4 is 37.7 Å². The van der Waals surface area contributed by atoms with Gasteiger partial charge in [0.05, 0.1) is 0 Å². The largest absolute Gasteiger partial charge is 1.00 e. The van der Waals surface area contributed by atoms with Crippen molar-refractivity contribution >= 4 is 11.3 Å². The van der Waals surface area contributed by atoms with Crippen molar-refractivity contribution < 1.29 is 37.7 Å². The standard InChI is InChI=1S/C4H2S.2Li/c1-2-4-5-3-1;;/h1-2H;;/q-2;2*+1. The molecular weight excluding hydrogens is 94.0 g/mol. The van der Waals surface area contributed by atoms with E-state index in [1.807, 2.05) is 12.1 Å². The summed E-state index contributed by atoms with van der Waals surface area (Å²) in [7, 11) is 0. The zero-order chi connectivity index (χ0) is 3.54. The average molecular weight is 96.0 g/mol. The summed E-state index contributed by atoms with van der Waals surface area (Å²) in [6.45, 7) is 0. The molecule has 7 heavy (non-hydrogen) atoms. The van der Waals surface area contributed by atoms with Crippen molar-refractivity contribution in [2.45, 2.75) is 0 Å². The molecule has 0 bridgehead atoms. The van der Waals surface area contributed by atoms with Crippen LogP contribution in [0.25, 0.3) is 0 Å². The smallest absolute Gasteiger partial charge is 0.474 e. The van der Waals surface area contributed by atoms with E-state index >= 15 is 0 Å². The van der Waals surface area contributed by atoms with Gasteiger partial charge in [-0.3, -0.25) is 0 Å². The molecule has 1 heterocycles. The third-order valence-electron chi connectivity index (χ3n) is 0.337. The third kappa shape index (κ3) is 4.75. The van der Waals surface area contributed by atoms with Gasteiger partial charge < -0.3 is 34.2 Å². The van der Waals surface area contributed by atoms with Gasteiger partial charge >= 0.3 is 37.7 Å². The molecule has 1 aromatic heterocycles. The Labute approximate surface area is 71.7 Å². The normalized spacial score (nSPS) is 5.71. The Kier molecular flexibility index (Phi) is 10.6. The van der Waals surface area contributed by atoms with Crippen molar-refractivity contribution in [1.82, 2.24) is 0 Å². The Morgan fingerprint density at radius 1 is 1.00 bits per heavy atom. The van der Waals surface area contributed by atoms with E-state index in [9.17, 15) is 0 Å². The maximum Gasteiger partial charge on any atom is 1.00 e. The second-order valence-electron chi connectivity index (χ2n) is 0.671. The molecule has 3 heteroatoms. The molecule has 0 aliphatic rings.